The fraction of sp³-hybridized carbons (Fsp3) is 0.667. The van der Waals surface area contributed by atoms with Gasteiger partial charge in [-0.25, -0.2) is 0 Å². The average molecular weight is 275 g/mol. The van der Waals surface area contributed by atoms with E-state index in [1.54, 1.807) is 11.1 Å². The molecule has 1 N–H and O–H groups in total. The third kappa shape index (κ3) is 3.83. The Kier molecular flexibility index (Phi) is 6.06. The summed E-state index contributed by atoms with van der Waals surface area (Å²) in [7, 11) is 0. The van der Waals surface area contributed by atoms with Crippen molar-refractivity contribution in [2.75, 3.05) is 13.2 Å². The molecule has 0 aromatic heterocycles. The van der Waals surface area contributed by atoms with E-state index in [9.17, 15) is 0 Å². The molecular formula is C18H29NO. The Morgan fingerprint density at radius 2 is 2.10 bits per heavy atom. The molecule has 1 aromatic rings. The van der Waals surface area contributed by atoms with Gasteiger partial charge in [-0.15, -0.1) is 0 Å². The fourth-order valence-electron chi connectivity index (χ4n) is 3.49. The largest absolute Gasteiger partial charge is 0.377 e. The van der Waals surface area contributed by atoms with Crippen LogP contribution in [0.4, 0.5) is 0 Å². The molecule has 0 spiro atoms. The first kappa shape index (κ1) is 15.5. The van der Waals surface area contributed by atoms with E-state index in [4.69, 9.17) is 4.74 Å². The minimum Gasteiger partial charge on any atom is -0.377 e. The lowest BCUT2D eigenvalue weighted by Crippen LogP contribution is -2.41. The lowest BCUT2D eigenvalue weighted by molar-refractivity contribution is 0.0432. The van der Waals surface area contributed by atoms with Gasteiger partial charge in [-0.3, -0.25) is 0 Å². The van der Waals surface area contributed by atoms with Gasteiger partial charge in [0.05, 0.1) is 6.10 Å². The van der Waals surface area contributed by atoms with E-state index in [1.807, 2.05) is 0 Å². The number of rotatable bonds is 7. The van der Waals surface area contributed by atoms with E-state index in [0.29, 0.717) is 12.0 Å². The highest BCUT2D eigenvalue weighted by molar-refractivity contribution is 5.32. The van der Waals surface area contributed by atoms with E-state index in [2.05, 4.69) is 50.4 Å². The van der Waals surface area contributed by atoms with Crippen LogP contribution >= 0.6 is 0 Å². The number of nitrogens with one attached hydrogen (secondary N) is 1. The molecule has 0 bridgehead atoms. The number of fused-ring (bicyclic) bond motifs is 1. The Labute approximate surface area is 123 Å². The van der Waals surface area contributed by atoms with Crippen molar-refractivity contribution in [2.45, 2.75) is 64.5 Å². The number of likely N-dealkylation sites (N-methyl/N-ethyl adjacent to an activating group) is 1. The summed E-state index contributed by atoms with van der Waals surface area (Å²) in [5.74, 6) is 0.687. The molecule has 0 fully saturated rings. The molecule has 1 aliphatic rings. The quantitative estimate of drug-likeness (QED) is 0.815. The van der Waals surface area contributed by atoms with Crippen molar-refractivity contribution in [3.63, 3.8) is 0 Å². The lowest BCUT2D eigenvalue weighted by atomic mass is 9.79. The van der Waals surface area contributed by atoms with Crippen molar-refractivity contribution in [1.82, 2.24) is 5.32 Å². The molecule has 0 radical (unpaired) electrons. The summed E-state index contributed by atoms with van der Waals surface area (Å²) in [4.78, 5) is 0. The first-order chi connectivity index (χ1) is 9.76. The van der Waals surface area contributed by atoms with Crippen molar-refractivity contribution < 1.29 is 4.74 Å². The van der Waals surface area contributed by atoms with Gasteiger partial charge in [0.25, 0.3) is 0 Å². The van der Waals surface area contributed by atoms with Crippen LogP contribution in [0.25, 0.3) is 0 Å². The molecule has 20 heavy (non-hydrogen) atoms. The standard InChI is InChI=1S/C18H29NO/c1-4-19-18(14(3)20-5-2)13-16-11-8-10-15-9-6-7-12-17(15)16/h6-7,9,12,14,16,18-19H,4-5,8,10-11,13H2,1-3H3. The second-order valence-corrected chi connectivity index (χ2v) is 5.85. The Bertz CT molecular complexity index is 404. The maximum Gasteiger partial charge on any atom is 0.0699 e. The summed E-state index contributed by atoms with van der Waals surface area (Å²) in [5.41, 5.74) is 3.13. The van der Waals surface area contributed by atoms with E-state index in [1.165, 1.54) is 25.7 Å². The Hall–Kier alpha value is -0.860. The predicted octanol–water partition coefficient (Wildman–Crippen LogP) is 3.90. The van der Waals surface area contributed by atoms with E-state index >= 15 is 0 Å². The highest BCUT2D eigenvalue weighted by atomic mass is 16.5. The molecule has 0 heterocycles. The normalized spacial score (nSPS) is 21.2. The molecule has 2 nitrogen and oxygen atoms in total. The van der Waals surface area contributed by atoms with Crippen molar-refractivity contribution in [3.05, 3.63) is 35.4 Å². The lowest BCUT2D eigenvalue weighted by Gasteiger charge is -2.32. The van der Waals surface area contributed by atoms with Gasteiger partial charge in [0.15, 0.2) is 0 Å². The Morgan fingerprint density at radius 3 is 2.85 bits per heavy atom. The zero-order valence-corrected chi connectivity index (χ0v) is 13.2. The number of hydrogen-bond donors (Lipinski definition) is 1. The maximum absolute atomic E-state index is 5.82. The SMILES string of the molecule is CCNC(CC1CCCc2ccccc21)C(C)OCC. The average Bonchev–Trinajstić information content (AvgIpc) is 2.47. The number of benzene rings is 1. The van der Waals surface area contributed by atoms with Crippen LogP contribution < -0.4 is 5.32 Å². The highest BCUT2D eigenvalue weighted by Crippen LogP contribution is 2.35. The van der Waals surface area contributed by atoms with Crippen LogP contribution in [-0.4, -0.2) is 25.3 Å². The first-order valence-corrected chi connectivity index (χ1v) is 8.19. The predicted molar refractivity (Wildman–Crippen MR) is 85.3 cm³/mol. The summed E-state index contributed by atoms with van der Waals surface area (Å²) < 4.78 is 5.82. The molecule has 112 valence electrons. The zero-order chi connectivity index (χ0) is 14.4. The van der Waals surface area contributed by atoms with Crippen LogP contribution in [0.5, 0.6) is 0 Å². The van der Waals surface area contributed by atoms with E-state index in [-0.39, 0.29) is 6.10 Å². The van der Waals surface area contributed by atoms with Crippen molar-refractivity contribution >= 4 is 0 Å². The van der Waals surface area contributed by atoms with Crippen LogP contribution in [0.1, 0.15) is 57.1 Å². The van der Waals surface area contributed by atoms with E-state index in [0.717, 1.165) is 13.2 Å². The van der Waals surface area contributed by atoms with E-state index < -0.39 is 0 Å². The monoisotopic (exact) mass is 275 g/mol. The van der Waals surface area contributed by atoms with Gasteiger partial charge >= 0.3 is 0 Å². The van der Waals surface area contributed by atoms with Crippen molar-refractivity contribution in [1.29, 1.82) is 0 Å². The summed E-state index contributed by atoms with van der Waals surface area (Å²) in [5, 5.41) is 3.62. The Morgan fingerprint density at radius 1 is 1.30 bits per heavy atom. The van der Waals surface area contributed by atoms with Gasteiger partial charge in [0.1, 0.15) is 0 Å². The third-order valence-corrected chi connectivity index (χ3v) is 4.49. The van der Waals surface area contributed by atoms with Gasteiger partial charge in [0.2, 0.25) is 0 Å². The summed E-state index contributed by atoms with van der Waals surface area (Å²) in [6, 6.07) is 9.44. The molecule has 0 saturated carbocycles. The highest BCUT2D eigenvalue weighted by Gasteiger charge is 2.25. The molecule has 3 atom stereocenters. The second-order valence-electron chi connectivity index (χ2n) is 5.85. The molecule has 1 aliphatic carbocycles. The number of ether oxygens (including phenoxy) is 1. The van der Waals surface area contributed by atoms with Crippen molar-refractivity contribution in [3.8, 4) is 0 Å². The van der Waals surface area contributed by atoms with Crippen molar-refractivity contribution in [2.24, 2.45) is 0 Å². The molecule has 1 aromatic carbocycles. The van der Waals surface area contributed by atoms with Crippen LogP contribution in [0.15, 0.2) is 24.3 Å². The molecule has 0 amide bonds. The van der Waals surface area contributed by atoms with Gasteiger partial charge in [-0.1, -0.05) is 31.2 Å². The molecule has 2 rings (SSSR count). The second kappa shape index (κ2) is 7.80. The Balaban J connectivity index is 2.07. The molecule has 2 heteroatoms. The molecule has 0 saturated heterocycles. The van der Waals surface area contributed by atoms with Crippen LogP contribution in [0.3, 0.4) is 0 Å². The maximum atomic E-state index is 5.82. The van der Waals surface area contributed by atoms with Crippen LogP contribution in [0, 0.1) is 0 Å². The number of hydrogen-bond acceptors (Lipinski definition) is 2. The summed E-state index contributed by atoms with van der Waals surface area (Å²) in [6.07, 6.45) is 5.36. The molecule has 3 unspecified atom stereocenters. The molecular weight excluding hydrogens is 246 g/mol. The van der Waals surface area contributed by atoms with Crippen LogP contribution in [-0.2, 0) is 11.2 Å². The number of aryl methyl sites for hydroxylation is 1. The van der Waals surface area contributed by atoms with Gasteiger partial charge in [-0.05, 0) is 63.1 Å². The van der Waals surface area contributed by atoms with Crippen LogP contribution in [0.2, 0.25) is 0 Å². The molecule has 0 aliphatic heterocycles. The topological polar surface area (TPSA) is 21.3 Å². The minimum atomic E-state index is 0.286. The first-order valence-electron chi connectivity index (χ1n) is 8.19. The van der Waals surface area contributed by atoms with Gasteiger partial charge < -0.3 is 10.1 Å². The smallest absolute Gasteiger partial charge is 0.0699 e. The third-order valence-electron chi connectivity index (χ3n) is 4.49. The van der Waals surface area contributed by atoms with Gasteiger partial charge in [0, 0.05) is 12.6 Å². The van der Waals surface area contributed by atoms with Gasteiger partial charge in [-0.2, -0.15) is 0 Å². The summed E-state index contributed by atoms with van der Waals surface area (Å²) in [6.45, 7) is 8.27. The fourth-order valence-corrected chi connectivity index (χ4v) is 3.49. The summed E-state index contributed by atoms with van der Waals surface area (Å²) >= 11 is 0. The zero-order valence-electron chi connectivity index (χ0n) is 13.2. The minimum absolute atomic E-state index is 0.286.